The number of rotatable bonds is 3. The van der Waals surface area contributed by atoms with E-state index >= 15 is 0 Å². The van der Waals surface area contributed by atoms with Crippen LogP contribution in [0, 0.1) is 0 Å². The molecule has 0 saturated carbocycles. The molecular formula is C15H12N4O4. The second-order valence-corrected chi connectivity index (χ2v) is 4.97. The normalized spacial score (nSPS) is 16.5. The van der Waals surface area contributed by atoms with Crippen molar-refractivity contribution in [2.75, 3.05) is 0 Å². The molecule has 1 aliphatic heterocycles. The first-order valence-electron chi connectivity index (χ1n) is 6.72. The van der Waals surface area contributed by atoms with E-state index in [0.29, 0.717) is 11.6 Å². The number of nitrogens with zero attached hydrogens (tertiary/aromatic N) is 2. The van der Waals surface area contributed by atoms with Crippen LogP contribution in [0.25, 0.3) is 11.4 Å². The number of nitrogens with one attached hydrogen (secondary N) is 2. The molecule has 8 nitrogen and oxygen atoms in total. The molecule has 2 aromatic rings. The Bertz CT molecular complexity index is 754. The van der Waals surface area contributed by atoms with E-state index in [9.17, 15) is 14.4 Å². The topological polar surface area (TPSA) is 110 Å². The van der Waals surface area contributed by atoms with Gasteiger partial charge in [0.05, 0.1) is 0 Å². The first kappa shape index (κ1) is 14.6. The van der Waals surface area contributed by atoms with Crippen molar-refractivity contribution in [1.82, 2.24) is 20.6 Å². The Morgan fingerprint density at radius 1 is 0.957 bits per heavy atom. The number of hydrogen-bond acceptors (Lipinski definition) is 6. The van der Waals surface area contributed by atoms with Gasteiger partial charge in [-0.1, -0.05) is 0 Å². The third-order valence-corrected chi connectivity index (χ3v) is 3.32. The molecule has 1 saturated heterocycles. The summed E-state index contributed by atoms with van der Waals surface area (Å²) in [5.74, 6) is -0.792. The molecule has 0 atom stereocenters. The monoisotopic (exact) mass is 312 g/mol. The van der Waals surface area contributed by atoms with Crippen molar-refractivity contribution < 1.29 is 19.1 Å². The van der Waals surface area contributed by atoms with E-state index in [1.54, 1.807) is 42.7 Å². The van der Waals surface area contributed by atoms with Gasteiger partial charge >= 0.3 is 6.03 Å². The summed E-state index contributed by atoms with van der Waals surface area (Å²) in [7, 11) is 0. The third kappa shape index (κ3) is 2.73. The van der Waals surface area contributed by atoms with Crippen LogP contribution in [0.15, 0.2) is 42.7 Å². The summed E-state index contributed by atoms with van der Waals surface area (Å²) in [6, 6.07) is 7.44. The second-order valence-electron chi connectivity index (χ2n) is 4.97. The zero-order chi connectivity index (χ0) is 16.4. The highest BCUT2D eigenvalue weighted by molar-refractivity contribution is 6.21. The van der Waals surface area contributed by atoms with Gasteiger partial charge in [0, 0.05) is 18.0 Å². The first-order valence-corrected chi connectivity index (χ1v) is 6.72. The molecule has 0 spiro atoms. The number of imide groups is 2. The van der Waals surface area contributed by atoms with Gasteiger partial charge in [-0.25, -0.2) is 14.8 Å². The van der Waals surface area contributed by atoms with Crippen molar-refractivity contribution in [1.29, 1.82) is 0 Å². The lowest BCUT2D eigenvalue weighted by Gasteiger charge is -2.30. The average Bonchev–Trinajstić information content (AvgIpc) is 2.54. The van der Waals surface area contributed by atoms with Gasteiger partial charge in [-0.15, -0.1) is 0 Å². The fourth-order valence-corrected chi connectivity index (χ4v) is 2.03. The number of barbiturate groups is 1. The highest BCUT2D eigenvalue weighted by Crippen LogP contribution is 2.24. The molecule has 1 aromatic heterocycles. The van der Waals surface area contributed by atoms with Crippen LogP contribution in [0.1, 0.15) is 6.92 Å². The van der Waals surface area contributed by atoms with Crippen molar-refractivity contribution in [3.8, 4) is 17.1 Å². The Labute approximate surface area is 130 Å². The van der Waals surface area contributed by atoms with Crippen molar-refractivity contribution in [3.05, 3.63) is 42.7 Å². The second kappa shape index (κ2) is 5.48. The Morgan fingerprint density at radius 3 is 2.09 bits per heavy atom. The predicted octanol–water partition coefficient (Wildman–Crippen LogP) is 0.647. The number of aromatic nitrogens is 2. The Kier molecular flexibility index (Phi) is 3.49. The van der Waals surface area contributed by atoms with Crippen LogP contribution in [-0.4, -0.2) is 33.4 Å². The highest BCUT2D eigenvalue weighted by Gasteiger charge is 2.48. The molecule has 4 amide bonds. The molecule has 116 valence electrons. The number of carbonyl (C=O) groups excluding carboxylic acids is 3. The van der Waals surface area contributed by atoms with E-state index in [0.717, 1.165) is 5.56 Å². The summed E-state index contributed by atoms with van der Waals surface area (Å²) in [5.41, 5.74) is -1.06. The third-order valence-electron chi connectivity index (χ3n) is 3.32. The zero-order valence-corrected chi connectivity index (χ0v) is 12.1. The Hall–Kier alpha value is -3.29. The van der Waals surface area contributed by atoms with Crippen LogP contribution in [0.3, 0.4) is 0 Å². The number of hydrogen-bond donors (Lipinski definition) is 2. The van der Waals surface area contributed by atoms with Gasteiger partial charge in [-0.3, -0.25) is 20.2 Å². The standard InChI is InChI=1S/C15H12N4O4/c1-15(12(20)18-14(22)19-13(15)21)23-10-5-3-9(4-6-10)11-16-7-2-8-17-11/h2-8H,1H3,(H2,18,19,20,21,22). The molecule has 2 heterocycles. The SMILES string of the molecule is CC1(Oc2ccc(-c3ncccn3)cc2)C(=O)NC(=O)NC1=O. The van der Waals surface area contributed by atoms with E-state index in [1.807, 2.05) is 10.6 Å². The maximum absolute atomic E-state index is 11.9. The minimum Gasteiger partial charge on any atom is -0.468 e. The molecule has 2 N–H and O–H groups in total. The van der Waals surface area contributed by atoms with Crippen molar-refractivity contribution in [2.45, 2.75) is 12.5 Å². The van der Waals surface area contributed by atoms with Gasteiger partial charge in [0.2, 0.25) is 0 Å². The van der Waals surface area contributed by atoms with Crippen LogP contribution in [-0.2, 0) is 9.59 Å². The first-order chi connectivity index (χ1) is 11.0. The van der Waals surface area contributed by atoms with Crippen molar-refractivity contribution >= 4 is 17.8 Å². The van der Waals surface area contributed by atoms with E-state index < -0.39 is 23.4 Å². The molecular weight excluding hydrogens is 300 g/mol. The summed E-state index contributed by atoms with van der Waals surface area (Å²) in [4.78, 5) is 43.1. The number of amides is 4. The van der Waals surface area contributed by atoms with Crippen molar-refractivity contribution in [3.63, 3.8) is 0 Å². The molecule has 23 heavy (non-hydrogen) atoms. The zero-order valence-electron chi connectivity index (χ0n) is 12.1. The summed E-state index contributed by atoms with van der Waals surface area (Å²) in [5, 5.41) is 4.01. The smallest absolute Gasteiger partial charge is 0.328 e. The lowest BCUT2D eigenvalue weighted by atomic mass is 10.0. The Balaban J connectivity index is 1.82. The minimum absolute atomic E-state index is 0.298. The molecule has 0 unspecified atom stereocenters. The molecule has 8 heteroatoms. The fourth-order valence-electron chi connectivity index (χ4n) is 2.03. The molecule has 1 fully saturated rings. The fraction of sp³-hybridized carbons (Fsp3) is 0.133. The maximum atomic E-state index is 11.9. The Morgan fingerprint density at radius 2 is 1.52 bits per heavy atom. The van der Waals surface area contributed by atoms with Crippen LogP contribution in [0.2, 0.25) is 0 Å². The van der Waals surface area contributed by atoms with Crippen LogP contribution in [0.5, 0.6) is 5.75 Å². The van der Waals surface area contributed by atoms with Gasteiger partial charge in [0.15, 0.2) is 5.82 Å². The molecule has 1 aromatic carbocycles. The maximum Gasteiger partial charge on any atom is 0.328 e. The number of ether oxygens (including phenoxy) is 1. The van der Waals surface area contributed by atoms with Crippen LogP contribution < -0.4 is 15.4 Å². The lowest BCUT2D eigenvalue weighted by Crippen LogP contribution is -2.67. The van der Waals surface area contributed by atoms with E-state index in [-0.39, 0.29) is 0 Å². The van der Waals surface area contributed by atoms with Gasteiger partial charge in [0.1, 0.15) is 5.75 Å². The van der Waals surface area contributed by atoms with Crippen molar-refractivity contribution in [2.24, 2.45) is 0 Å². The van der Waals surface area contributed by atoms with Crippen LogP contribution in [0.4, 0.5) is 4.79 Å². The van der Waals surface area contributed by atoms with Gasteiger partial charge in [-0.2, -0.15) is 0 Å². The van der Waals surface area contributed by atoms with E-state index in [1.165, 1.54) is 6.92 Å². The largest absolute Gasteiger partial charge is 0.468 e. The quantitative estimate of drug-likeness (QED) is 0.805. The summed E-state index contributed by atoms with van der Waals surface area (Å²) in [6.45, 7) is 1.29. The number of urea groups is 1. The summed E-state index contributed by atoms with van der Waals surface area (Å²) >= 11 is 0. The number of carbonyl (C=O) groups is 3. The molecule has 1 aliphatic rings. The summed E-state index contributed by atoms with van der Waals surface area (Å²) < 4.78 is 5.49. The molecule has 0 radical (unpaired) electrons. The van der Waals surface area contributed by atoms with Gasteiger partial charge in [0.25, 0.3) is 17.4 Å². The van der Waals surface area contributed by atoms with Gasteiger partial charge < -0.3 is 4.74 Å². The average molecular weight is 312 g/mol. The van der Waals surface area contributed by atoms with Gasteiger partial charge in [-0.05, 0) is 37.3 Å². The summed E-state index contributed by atoms with van der Waals surface area (Å²) in [6.07, 6.45) is 3.25. The minimum atomic E-state index is -1.82. The van der Waals surface area contributed by atoms with E-state index in [4.69, 9.17) is 4.74 Å². The molecule has 0 bridgehead atoms. The predicted molar refractivity (Wildman–Crippen MR) is 78.2 cm³/mol. The number of benzene rings is 1. The highest BCUT2D eigenvalue weighted by atomic mass is 16.5. The van der Waals surface area contributed by atoms with Crippen LogP contribution >= 0.6 is 0 Å². The van der Waals surface area contributed by atoms with E-state index in [2.05, 4.69) is 9.97 Å². The molecule has 0 aliphatic carbocycles. The molecule has 3 rings (SSSR count). The lowest BCUT2D eigenvalue weighted by molar-refractivity contribution is -0.149.